The van der Waals surface area contributed by atoms with E-state index in [1.807, 2.05) is 0 Å². The Morgan fingerprint density at radius 2 is 1.64 bits per heavy atom. The SMILES string of the molecule is C.C.C[C@H](CCC(=O)O)C1CCC2C3CCC4CCCCC4(C)C3CCC21C. The second kappa shape index (κ2) is 8.68. The zero-order valence-corrected chi connectivity index (χ0v) is 17.3. The van der Waals surface area contributed by atoms with Crippen molar-refractivity contribution in [3.8, 4) is 0 Å². The number of fused-ring (bicyclic) bond motifs is 5. The highest BCUT2D eigenvalue weighted by atomic mass is 16.4. The number of carbonyl (C=O) groups is 1. The van der Waals surface area contributed by atoms with Crippen LogP contribution in [-0.4, -0.2) is 11.1 Å². The van der Waals surface area contributed by atoms with Gasteiger partial charge in [0.15, 0.2) is 0 Å². The van der Waals surface area contributed by atoms with Crippen molar-refractivity contribution in [3.05, 3.63) is 0 Å². The van der Waals surface area contributed by atoms with Crippen LogP contribution < -0.4 is 0 Å². The van der Waals surface area contributed by atoms with Gasteiger partial charge in [-0.25, -0.2) is 0 Å². The quantitative estimate of drug-likeness (QED) is 0.529. The molecule has 4 aliphatic carbocycles. The molecule has 4 fully saturated rings. The molecule has 0 bridgehead atoms. The lowest BCUT2D eigenvalue weighted by Crippen LogP contribution is -2.53. The van der Waals surface area contributed by atoms with E-state index in [2.05, 4.69) is 20.8 Å². The summed E-state index contributed by atoms with van der Waals surface area (Å²) in [5.41, 5.74) is 1.12. The molecule has 2 nitrogen and oxygen atoms in total. The fraction of sp³-hybridized carbons (Fsp3) is 0.962. The molecule has 0 saturated heterocycles. The lowest BCUT2D eigenvalue weighted by atomic mass is 9.44. The monoisotopic (exact) mass is 392 g/mol. The van der Waals surface area contributed by atoms with Crippen LogP contribution in [0.4, 0.5) is 0 Å². The molecule has 0 aromatic rings. The summed E-state index contributed by atoms with van der Waals surface area (Å²) in [5.74, 6) is 4.57. The average molecular weight is 393 g/mol. The van der Waals surface area contributed by atoms with Gasteiger partial charge in [-0.2, -0.15) is 0 Å². The van der Waals surface area contributed by atoms with Crippen LogP contribution in [0.15, 0.2) is 0 Å². The third-order valence-electron chi connectivity index (χ3n) is 10.2. The minimum atomic E-state index is -0.621. The highest BCUT2D eigenvalue weighted by Crippen LogP contribution is 2.68. The number of hydrogen-bond acceptors (Lipinski definition) is 1. The van der Waals surface area contributed by atoms with Crippen molar-refractivity contribution in [2.75, 3.05) is 0 Å². The summed E-state index contributed by atoms with van der Waals surface area (Å²) in [5, 5.41) is 9.09. The highest BCUT2D eigenvalue weighted by molar-refractivity contribution is 5.66. The fourth-order valence-corrected chi connectivity index (χ4v) is 8.82. The molecule has 0 amide bonds. The van der Waals surface area contributed by atoms with Crippen molar-refractivity contribution in [1.29, 1.82) is 0 Å². The van der Waals surface area contributed by atoms with E-state index < -0.39 is 5.97 Å². The molecular formula is C26H48O2. The van der Waals surface area contributed by atoms with Crippen molar-refractivity contribution in [1.82, 2.24) is 0 Å². The van der Waals surface area contributed by atoms with Crippen molar-refractivity contribution in [2.24, 2.45) is 46.3 Å². The maximum atomic E-state index is 11.0. The Bertz CT molecular complexity index is 543. The molecule has 0 radical (unpaired) electrons. The molecule has 0 aromatic carbocycles. The first-order valence-corrected chi connectivity index (χ1v) is 11.6. The van der Waals surface area contributed by atoms with Gasteiger partial charge >= 0.3 is 5.97 Å². The van der Waals surface area contributed by atoms with E-state index in [1.54, 1.807) is 0 Å². The molecule has 1 N–H and O–H groups in total. The van der Waals surface area contributed by atoms with Crippen molar-refractivity contribution in [2.45, 2.75) is 113 Å². The number of hydrogen-bond donors (Lipinski definition) is 1. The summed E-state index contributed by atoms with van der Waals surface area (Å²) in [4.78, 5) is 11.0. The predicted molar refractivity (Wildman–Crippen MR) is 119 cm³/mol. The molecule has 164 valence electrons. The smallest absolute Gasteiger partial charge is 0.303 e. The highest BCUT2D eigenvalue weighted by Gasteiger charge is 2.60. The van der Waals surface area contributed by atoms with Gasteiger partial charge in [0, 0.05) is 6.42 Å². The second-order valence-corrected chi connectivity index (χ2v) is 11.0. The van der Waals surface area contributed by atoms with Gasteiger partial charge in [0.2, 0.25) is 0 Å². The number of carboxylic acid groups (broad SMARTS) is 1. The first-order chi connectivity index (χ1) is 12.4. The van der Waals surface area contributed by atoms with Gasteiger partial charge in [-0.05, 0) is 104 Å². The zero-order valence-electron chi connectivity index (χ0n) is 17.3. The van der Waals surface area contributed by atoms with Gasteiger partial charge in [0.05, 0.1) is 0 Å². The molecule has 4 aliphatic rings. The summed E-state index contributed by atoms with van der Waals surface area (Å²) in [6.07, 6.45) is 15.7. The van der Waals surface area contributed by atoms with Gasteiger partial charge < -0.3 is 5.11 Å². The molecule has 0 aliphatic heterocycles. The van der Waals surface area contributed by atoms with Gasteiger partial charge in [-0.3, -0.25) is 4.79 Å². The maximum absolute atomic E-state index is 11.0. The third-order valence-corrected chi connectivity index (χ3v) is 10.2. The minimum Gasteiger partial charge on any atom is -0.481 e. The van der Waals surface area contributed by atoms with Crippen LogP contribution >= 0.6 is 0 Å². The Hall–Kier alpha value is -0.530. The van der Waals surface area contributed by atoms with Crippen molar-refractivity contribution in [3.63, 3.8) is 0 Å². The zero-order chi connectivity index (χ0) is 18.5. The molecule has 8 atom stereocenters. The number of carboxylic acids is 1. The summed E-state index contributed by atoms with van der Waals surface area (Å²) in [6.45, 7) is 7.60. The molecule has 0 spiro atoms. The molecule has 0 heterocycles. The fourth-order valence-electron chi connectivity index (χ4n) is 8.82. The Labute approximate surface area is 175 Å². The molecule has 7 unspecified atom stereocenters. The van der Waals surface area contributed by atoms with E-state index in [9.17, 15) is 4.79 Å². The largest absolute Gasteiger partial charge is 0.481 e. The molecule has 2 heteroatoms. The van der Waals surface area contributed by atoms with Crippen LogP contribution in [0.1, 0.15) is 113 Å². The summed E-state index contributed by atoms with van der Waals surface area (Å²) < 4.78 is 0. The van der Waals surface area contributed by atoms with E-state index in [0.717, 1.165) is 36.0 Å². The lowest BCUT2D eigenvalue weighted by Gasteiger charge is -2.61. The van der Waals surface area contributed by atoms with Gasteiger partial charge in [0.25, 0.3) is 0 Å². The first kappa shape index (κ1) is 23.7. The third kappa shape index (κ3) is 3.67. The summed E-state index contributed by atoms with van der Waals surface area (Å²) in [6, 6.07) is 0. The Morgan fingerprint density at radius 3 is 2.36 bits per heavy atom. The Morgan fingerprint density at radius 1 is 0.929 bits per heavy atom. The van der Waals surface area contributed by atoms with Crippen LogP contribution in [0.25, 0.3) is 0 Å². The molecule has 0 aromatic heterocycles. The molecule has 4 rings (SSSR count). The van der Waals surface area contributed by atoms with Gasteiger partial charge in [0.1, 0.15) is 0 Å². The van der Waals surface area contributed by atoms with Crippen LogP contribution in [0.5, 0.6) is 0 Å². The topological polar surface area (TPSA) is 37.3 Å². The van der Waals surface area contributed by atoms with Crippen LogP contribution in [-0.2, 0) is 4.79 Å². The summed E-state index contributed by atoms with van der Waals surface area (Å²) in [7, 11) is 0. The van der Waals surface area contributed by atoms with Crippen molar-refractivity contribution < 1.29 is 9.90 Å². The average Bonchev–Trinajstić information content (AvgIpc) is 2.96. The predicted octanol–water partition coefficient (Wildman–Crippen LogP) is 7.81. The Kier molecular flexibility index (Phi) is 7.36. The maximum Gasteiger partial charge on any atom is 0.303 e. The van der Waals surface area contributed by atoms with E-state index in [1.165, 1.54) is 64.2 Å². The number of rotatable bonds is 4. The van der Waals surface area contributed by atoms with Crippen LogP contribution in [0.3, 0.4) is 0 Å². The van der Waals surface area contributed by atoms with E-state index in [-0.39, 0.29) is 14.9 Å². The summed E-state index contributed by atoms with van der Waals surface area (Å²) >= 11 is 0. The van der Waals surface area contributed by atoms with E-state index in [4.69, 9.17) is 5.11 Å². The normalized spacial score (nSPS) is 45.5. The molecule has 28 heavy (non-hydrogen) atoms. The van der Waals surface area contributed by atoms with Gasteiger partial charge in [-0.1, -0.05) is 48.5 Å². The van der Waals surface area contributed by atoms with E-state index >= 15 is 0 Å². The number of aliphatic carboxylic acids is 1. The first-order valence-electron chi connectivity index (χ1n) is 11.6. The standard InChI is InChI=1S/C24H40O2.2CH4/c1-16(7-12-22(25)26)19-10-11-20-18-9-8-17-6-4-5-14-23(17,2)21(18)13-15-24(19,20)3;;/h16-21H,4-15H2,1-3H3,(H,25,26);2*1H4/t16-,17?,18?,19?,20?,21?,23?,24?;;/m1../s1. The van der Waals surface area contributed by atoms with Crippen molar-refractivity contribution >= 4 is 5.97 Å². The second-order valence-electron chi connectivity index (χ2n) is 11.0. The van der Waals surface area contributed by atoms with Gasteiger partial charge in [-0.15, -0.1) is 0 Å². The lowest BCUT2D eigenvalue weighted by molar-refractivity contribution is -0.137. The molecule has 4 saturated carbocycles. The van der Waals surface area contributed by atoms with E-state index in [0.29, 0.717) is 23.2 Å². The van der Waals surface area contributed by atoms with Crippen LogP contribution in [0, 0.1) is 46.3 Å². The Balaban J connectivity index is 0.00000140. The molecular weight excluding hydrogens is 344 g/mol. The van der Waals surface area contributed by atoms with Crippen LogP contribution in [0.2, 0.25) is 0 Å². The minimum absolute atomic E-state index is 0.